The van der Waals surface area contributed by atoms with Gasteiger partial charge in [0.2, 0.25) is 0 Å². The summed E-state index contributed by atoms with van der Waals surface area (Å²) in [5, 5.41) is 127. The molecule has 0 fully saturated rings. The second-order valence-corrected chi connectivity index (χ2v) is 28.3. The van der Waals surface area contributed by atoms with Crippen LogP contribution in [0.15, 0.2) is 173 Å². The molecular formula is C78H96N28O8. The molecule has 596 valence electrons. The Hall–Kier alpha value is -12.2. The van der Waals surface area contributed by atoms with Crippen LogP contribution in [0.1, 0.15) is 118 Å². The third-order valence-electron chi connectivity index (χ3n) is 19.6. The highest BCUT2D eigenvalue weighted by Crippen LogP contribution is 2.33. The molecule has 0 aliphatic heterocycles. The fraction of sp³-hybridized carbons (Fsp3) is 0.385. The number of aliphatic hydroxyl groups is 8. The van der Waals surface area contributed by atoms with Crippen molar-refractivity contribution in [2.75, 3.05) is 26.4 Å². The minimum absolute atomic E-state index is 0.217. The Morgan fingerprint density at radius 1 is 0.281 bits per heavy atom. The van der Waals surface area contributed by atoms with Gasteiger partial charge in [0, 0.05) is 118 Å². The van der Waals surface area contributed by atoms with Crippen LogP contribution in [0.2, 0.25) is 0 Å². The lowest BCUT2D eigenvalue weighted by Crippen LogP contribution is -2.19. The fourth-order valence-corrected chi connectivity index (χ4v) is 12.9. The van der Waals surface area contributed by atoms with E-state index in [0.717, 1.165) is 139 Å². The summed E-state index contributed by atoms with van der Waals surface area (Å²) in [4.78, 5) is 19.4. The molecule has 0 aliphatic rings. The Morgan fingerprint density at radius 2 is 0.509 bits per heavy atom. The van der Waals surface area contributed by atoms with Crippen LogP contribution < -0.4 is 0 Å². The van der Waals surface area contributed by atoms with Crippen LogP contribution in [-0.2, 0) is 26.2 Å². The molecular weight excluding hydrogens is 1460 g/mol. The number of hydrogen-bond donors (Lipinski definition) is 8. The van der Waals surface area contributed by atoms with Crippen LogP contribution in [0.4, 0.5) is 0 Å². The molecule has 0 radical (unpaired) electrons. The number of nitrogens with zero attached hydrogens (tertiary/aromatic N) is 28. The summed E-state index contributed by atoms with van der Waals surface area (Å²) < 4.78 is 21.4. The highest BCUT2D eigenvalue weighted by atomic mass is 16.3. The molecule has 16 rings (SSSR count). The molecule has 0 bridgehead atoms. The van der Waals surface area contributed by atoms with Crippen LogP contribution in [0.5, 0.6) is 0 Å². The third kappa shape index (κ3) is 18.5. The van der Waals surface area contributed by atoms with Gasteiger partial charge in [-0.2, -0.15) is 61.2 Å². The van der Waals surface area contributed by atoms with Crippen LogP contribution in [0.3, 0.4) is 0 Å². The smallest absolute Gasteiger partial charge is 0.0999 e. The summed E-state index contributed by atoms with van der Waals surface area (Å²) in [6.07, 6.45) is 46.7. The van der Waals surface area contributed by atoms with Crippen molar-refractivity contribution in [1.82, 2.24) is 137 Å². The van der Waals surface area contributed by atoms with Gasteiger partial charge in [-0.15, -0.1) is 0 Å². The van der Waals surface area contributed by atoms with E-state index in [2.05, 4.69) is 117 Å². The molecule has 36 nitrogen and oxygen atoms in total. The highest BCUT2D eigenvalue weighted by molar-refractivity contribution is 5.81. The number of aliphatic hydroxyl groups excluding tert-OH is 8. The SMILES string of the molecule is CCC[C@@H](C)n1cc(-c2nc(-c3cnn(C[C@@H](O)CO)c3)cn3nccc23)cn1.CCC[C@H](C)n1cc(-c2nc(-c3cnn(C[C@@H](O)CO)c3)cn3nccc23)cn1.CC[C@@H](C)n1cc(-c2nc(-c3cnn(C[C@H](O)CO)c3)cn3nccc23)cn1.CC[C@H](C)n1cc(-c2nc(-c3cnn(C[C@H](O)CO)c3)cn3nccc23)cn1. The lowest BCUT2D eigenvalue weighted by molar-refractivity contribution is 0.0782. The van der Waals surface area contributed by atoms with Gasteiger partial charge in [0.1, 0.15) is 0 Å². The summed E-state index contributed by atoms with van der Waals surface area (Å²) in [5.74, 6) is 0. The normalized spacial score (nSPS) is 13.8. The van der Waals surface area contributed by atoms with E-state index in [4.69, 9.17) is 40.4 Å². The zero-order valence-electron chi connectivity index (χ0n) is 64.8. The van der Waals surface area contributed by atoms with Gasteiger partial charge in [0.05, 0.1) is 244 Å². The van der Waals surface area contributed by atoms with Crippen LogP contribution in [0.25, 0.3) is 112 Å². The standard InChI is InChI=1S/2C20H25N7O2.2C19H23N7O2/c2*1-3-4-14(2)26-10-16(8-23-26)20-19-5-6-21-27(19)12-18(24-20)15-7-22-25(9-15)11-17(29)13-28;2*1-3-13(2)25-9-15(7-22-25)19-18-4-5-20-26(18)11-17(23-19)14-6-21-24(8-14)10-16(28)12-27/h2*5-10,12,14,17,28-29H,3-4,11,13H2,1-2H3;2*4-9,11,13,16,27-28H,3,10,12H2,1-2H3/t14-,17+;14-,17-;13-,16+;13-,16-/m0110/s1. The van der Waals surface area contributed by atoms with E-state index in [1.54, 1.807) is 111 Å². The summed E-state index contributed by atoms with van der Waals surface area (Å²) in [5.41, 5.74) is 16.6. The predicted molar refractivity (Wildman–Crippen MR) is 423 cm³/mol. The van der Waals surface area contributed by atoms with Gasteiger partial charge in [-0.05, 0) is 77.6 Å². The maximum Gasteiger partial charge on any atom is 0.0999 e. The van der Waals surface area contributed by atoms with Gasteiger partial charge in [0.25, 0.3) is 0 Å². The van der Waals surface area contributed by atoms with E-state index in [1.165, 1.54) is 0 Å². The topological polar surface area (TPSA) is 425 Å². The number of hydrogen-bond acceptors (Lipinski definition) is 24. The predicted octanol–water partition coefficient (Wildman–Crippen LogP) is 7.90. The first kappa shape index (κ1) is 79.9. The second-order valence-electron chi connectivity index (χ2n) is 28.3. The van der Waals surface area contributed by atoms with Gasteiger partial charge in [0.15, 0.2) is 0 Å². The van der Waals surface area contributed by atoms with Crippen molar-refractivity contribution >= 4 is 22.1 Å². The summed E-state index contributed by atoms with van der Waals surface area (Å²) in [6.45, 7) is 16.8. The van der Waals surface area contributed by atoms with Crippen molar-refractivity contribution in [3.8, 4) is 90.1 Å². The maximum absolute atomic E-state index is 9.63. The monoisotopic (exact) mass is 1550 g/mol. The number of fused-ring (bicyclic) bond motifs is 4. The zero-order valence-corrected chi connectivity index (χ0v) is 64.8. The Morgan fingerprint density at radius 3 is 0.728 bits per heavy atom. The summed E-state index contributed by atoms with van der Waals surface area (Å²) >= 11 is 0. The minimum atomic E-state index is -0.851. The van der Waals surface area contributed by atoms with Crippen molar-refractivity contribution < 1.29 is 40.9 Å². The molecule has 8 N–H and O–H groups in total. The number of rotatable bonds is 30. The van der Waals surface area contributed by atoms with E-state index >= 15 is 0 Å². The molecule has 16 aromatic rings. The average Bonchev–Trinajstić information content (AvgIpc) is 1.64. The van der Waals surface area contributed by atoms with Crippen LogP contribution in [0, 0.1) is 0 Å². The van der Waals surface area contributed by atoms with Crippen molar-refractivity contribution in [2.45, 2.75) is 169 Å². The quantitative estimate of drug-likeness (QED) is 0.0212. The molecule has 0 saturated carbocycles. The molecule has 0 saturated heterocycles. The summed E-state index contributed by atoms with van der Waals surface area (Å²) in [7, 11) is 0. The lowest BCUT2D eigenvalue weighted by atomic mass is 10.2. The largest absolute Gasteiger partial charge is 0.394 e. The van der Waals surface area contributed by atoms with Gasteiger partial charge in [-0.1, -0.05) is 40.5 Å². The Labute approximate surface area is 654 Å². The average molecular weight is 1550 g/mol. The first-order chi connectivity index (χ1) is 55.3. The zero-order chi connectivity index (χ0) is 80.1. The Kier molecular flexibility index (Phi) is 25.6. The fourth-order valence-electron chi connectivity index (χ4n) is 12.9. The molecule has 114 heavy (non-hydrogen) atoms. The molecule has 16 heterocycles. The molecule has 0 unspecified atom stereocenters. The summed E-state index contributed by atoms with van der Waals surface area (Å²) in [6, 6.07) is 8.99. The van der Waals surface area contributed by atoms with Crippen molar-refractivity contribution in [2.24, 2.45) is 0 Å². The van der Waals surface area contributed by atoms with Gasteiger partial charge >= 0.3 is 0 Å². The molecule has 16 aromatic heterocycles. The van der Waals surface area contributed by atoms with Crippen LogP contribution >= 0.6 is 0 Å². The van der Waals surface area contributed by atoms with Crippen molar-refractivity contribution in [1.29, 1.82) is 0 Å². The van der Waals surface area contributed by atoms with E-state index in [1.807, 2.05) is 117 Å². The van der Waals surface area contributed by atoms with Crippen LogP contribution in [-0.4, -0.2) is 228 Å². The molecule has 36 heteroatoms. The van der Waals surface area contributed by atoms with E-state index in [-0.39, 0.29) is 52.6 Å². The second kappa shape index (κ2) is 36.5. The highest BCUT2D eigenvalue weighted by Gasteiger charge is 2.22. The molecule has 0 aliphatic carbocycles. The van der Waals surface area contributed by atoms with E-state index < -0.39 is 24.4 Å². The van der Waals surface area contributed by atoms with Crippen molar-refractivity contribution in [3.63, 3.8) is 0 Å². The van der Waals surface area contributed by atoms with Crippen molar-refractivity contribution in [3.05, 3.63) is 173 Å². The lowest BCUT2D eigenvalue weighted by Gasteiger charge is -2.10. The number of aromatic nitrogens is 28. The van der Waals surface area contributed by atoms with Gasteiger partial charge < -0.3 is 40.9 Å². The van der Waals surface area contributed by atoms with Gasteiger partial charge in [-0.3, -0.25) is 37.5 Å². The first-order valence-corrected chi connectivity index (χ1v) is 38.2. The molecule has 0 aromatic carbocycles. The van der Waals surface area contributed by atoms with Gasteiger partial charge in [-0.25, -0.2) is 38.0 Å². The molecule has 8 atom stereocenters. The molecule has 0 amide bonds. The minimum Gasteiger partial charge on any atom is -0.394 e. The van der Waals surface area contributed by atoms with E-state index in [9.17, 15) is 20.4 Å². The Bertz CT molecular complexity index is 5400. The molecule has 0 spiro atoms. The first-order valence-electron chi connectivity index (χ1n) is 38.2. The van der Waals surface area contributed by atoms with E-state index in [0.29, 0.717) is 35.6 Å². The Balaban J connectivity index is 0.000000133. The third-order valence-corrected chi connectivity index (χ3v) is 19.6. The maximum atomic E-state index is 9.63.